The highest BCUT2D eigenvalue weighted by molar-refractivity contribution is 5.89. The lowest BCUT2D eigenvalue weighted by Gasteiger charge is -2.20. The maximum Gasteiger partial charge on any atom is 0.248 e. The summed E-state index contributed by atoms with van der Waals surface area (Å²) < 4.78 is 11.4. The third-order valence-corrected chi connectivity index (χ3v) is 2.56. The normalized spacial score (nSPS) is 21.9. The predicted octanol–water partition coefficient (Wildman–Crippen LogP) is 2.54. The van der Waals surface area contributed by atoms with Crippen molar-refractivity contribution < 1.29 is 14.3 Å². The second kappa shape index (κ2) is 3.70. The van der Waals surface area contributed by atoms with Gasteiger partial charge < -0.3 is 14.8 Å². The van der Waals surface area contributed by atoms with Crippen LogP contribution in [0.25, 0.3) is 0 Å². The topological polar surface area (TPSA) is 47.6 Å². The number of hydrogen-bond donors (Lipinski definition) is 1. The lowest BCUT2D eigenvalue weighted by atomic mass is 10.2. The molecule has 1 aromatic carbocycles. The van der Waals surface area contributed by atoms with E-state index in [4.69, 9.17) is 9.47 Å². The van der Waals surface area contributed by atoms with E-state index in [9.17, 15) is 4.79 Å². The van der Waals surface area contributed by atoms with E-state index in [1.165, 1.54) is 6.92 Å². The van der Waals surface area contributed by atoms with Crippen LogP contribution in [0.4, 0.5) is 5.69 Å². The van der Waals surface area contributed by atoms with Crippen molar-refractivity contribution in [3.63, 3.8) is 0 Å². The molecule has 0 radical (unpaired) electrons. The minimum atomic E-state index is -0.586. The Hall–Kier alpha value is -1.71. The van der Waals surface area contributed by atoms with Crippen LogP contribution in [0.5, 0.6) is 11.5 Å². The minimum absolute atomic E-state index is 0.0999. The molecule has 1 aliphatic rings. The van der Waals surface area contributed by atoms with Crippen LogP contribution in [0, 0.1) is 0 Å². The fraction of sp³-hybridized carbons (Fsp3) is 0.417. The van der Waals surface area contributed by atoms with Crippen molar-refractivity contribution >= 4 is 11.6 Å². The zero-order valence-corrected chi connectivity index (χ0v) is 9.66. The number of fused-ring (bicyclic) bond motifs is 1. The van der Waals surface area contributed by atoms with Gasteiger partial charge in [-0.1, -0.05) is 6.92 Å². The maximum atomic E-state index is 10.9. The van der Waals surface area contributed by atoms with Gasteiger partial charge in [-0.05, 0) is 12.1 Å². The molecule has 0 spiro atoms. The molecule has 4 heteroatoms. The van der Waals surface area contributed by atoms with Crippen LogP contribution in [0.3, 0.4) is 0 Å². The number of rotatable bonds is 2. The second-order valence-electron chi connectivity index (χ2n) is 4.03. The second-order valence-corrected chi connectivity index (χ2v) is 4.03. The summed E-state index contributed by atoms with van der Waals surface area (Å²) in [6.07, 6.45) is 0.761. The van der Waals surface area contributed by atoms with Gasteiger partial charge in [0.15, 0.2) is 11.5 Å². The van der Waals surface area contributed by atoms with Crippen molar-refractivity contribution in [2.24, 2.45) is 0 Å². The van der Waals surface area contributed by atoms with E-state index in [-0.39, 0.29) is 5.91 Å². The number of carbonyl (C=O) groups is 1. The van der Waals surface area contributed by atoms with Gasteiger partial charge in [-0.15, -0.1) is 0 Å². The van der Waals surface area contributed by atoms with E-state index in [2.05, 4.69) is 5.32 Å². The Morgan fingerprint density at radius 1 is 1.38 bits per heavy atom. The van der Waals surface area contributed by atoms with Gasteiger partial charge in [0, 0.05) is 32.0 Å². The quantitative estimate of drug-likeness (QED) is 0.834. The molecule has 2 rings (SSSR count). The lowest BCUT2D eigenvalue weighted by Crippen LogP contribution is -2.33. The molecule has 1 heterocycles. The Bertz CT molecular complexity index is 430. The zero-order valence-electron chi connectivity index (χ0n) is 9.66. The summed E-state index contributed by atoms with van der Waals surface area (Å²) in [6.45, 7) is 5.37. The van der Waals surface area contributed by atoms with Crippen molar-refractivity contribution in [1.82, 2.24) is 0 Å². The van der Waals surface area contributed by atoms with E-state index < -0.39 is 5.79 Å². The Morgan fingerprint density at radius 3 is 2.69 bits per heavy atom. The summed E-state index contributed by atoms with van der Waals surface area (Å²) in [5, 5.41) is 2.71. The van der Waals surface area contributed by atoms with E-state index in [0.29, 0.717) is 5.75 Å². The van der Waals surface area contributed by atoms with Crippen molar-refractivity contribution in [3.05, 3.63) is 18.2 Å². The molecule has 86 valence electrons. The van der Waals surface area contributed by atoms with Crippen molar-refractivity contribution in [2.75, 3.05) is 5.32 Å². The Labute approximate surface area is 94.6 Å². The predicted molar refractivity (Wildman–Crippen MR) is 60.7 cm³/mol. The molecule has 1 amide bonds. The SMILES string of the molecule is CCC1(C)Oc2ccc(NC(C)=O)cc2O1. The summed E-state index contributed by atoms with van der Waals surface area (Å²) in [4.78, 5) is 10.9. The van der Waals surface area contributed by atoms with E-state index in [1.807, 2.05) is 19.9 Å². The first-order valence-electron chi connectivity index (χ1n) is 5.32. The first kappa shape index (κ1) is 10.8. The molecule has 0 aliphatic carbocycles. The number of amides is 1. The number of hydrogen-bond acceptors (Lipinski definition) is 3. The molecule has 0 fully saturated rings. The Kier molecular flexibility index (Phi) is 2.50. The molecule has 4 nitrogen and oxygen atoms in total. The van der Waals surface area contributed by atoms with E-state index >= 15 is 0 Å². The Morgan fingerprint density at radius 2 is 2.06 bits per heavy atom. The van der Waals surface area contributed by atoms with Crippen LogP contribution >= 0.6 is 0 Å². The molecule has 0 saturated heterocycles. The molecular formula is C12H15NO3. The van der Waals surface area contributed by atoms with Crippen LogP contribution in [0.15, 0.2) is 18.2 Å². The summed E-state index contributed by atoms with van der Waals surface area (Å²) in [7, 11) is 0. The van der Waals surface area contributed by atoms with Crippen LogP contribution in [0.2, 0.25) is 0 Å². The zero-order chi connectivity index (χ0) is 11.8. The average molecular weight is 221 g/mol. The standard InChI is InChI=1S/C12H15NO3/c1-4-12(3)15-10-6-5-9(13-8(2)14)7-11(10)16-12/h5-7H,4H2,1-3H3,(H,13,14). The van der Waals surface area contributed by atoms with Crippen molar-refractivity contribution in [2.45, 2.75) is 33.0 Å². The van der Waals surface area contributed by atoms with Gasteiger partial charge in [0.25, 0.3) is 0 Å². The lowest BCUT2D eigenvalue weighted by molar-refractivity contribution is -0.114. The molecule has 0 saturated carbocycles. The minimum Gasteiger partial charge on any atom is -0.449 e. The molecule has 0 bridgehead atoms. The smallest absolute Gasteiger partial charge is 0.248 e. The van der Waals surface area contributed by atoms with Gasteiger partial charge in [-0.25, -0.2) is 0 Å². The fourth-order valence-electron chi connectivity index (χ4n) is 1.58. The van der Waals surface area contributed by atoms with Gasteiger partial charge in [-0.3, -0.25) is 4.79 Å². The highest BCUT2D eigenvalue weighted by atomic mass is 16.7. The average Bonchev–Trinajstić information content (AvgIpc) is 2.54. The van der Waals surface area contributed by atoms with Gasteiger partial charge >= 0.3 is 0 Å². The highest BCUT2D eigenvalue weighted by Gasteiger charge is 2.34. The monoisotopic (exact) mass is 221 g/mol. The molecule has 16 heavy (non-hydrogen) atoms. The highest BCUT2D eigenvalue weighted by Crippen LogP contribution is 2.41. The third-order valence-electron chi connectivity index (χ3n) is 2.56. The maximum absolute atomic E-state index is 10.9. The fourth-order valence-corrected chi connectivity index (χ4v) is 1.58. The molecule has 0 aromatic heterocycles. The molecular weight excluding hydrogens is 206 g/mol. The summed E-state index contributed by atoms with van der Waals surface area (Å²) >= 11 is 0. The number of nitrogens with one attached hydrogen (secondary N) is 1. The first-order valence-corrected chi connectivity index (χ1v) is 5.32. The van der Waals surface area contributed by atoms with Gasteiger partial charge in [0.05, 0.1) is 0 Å². The van der Waals surface area contributed by atoms with Crippen molar-refractivity contribution in [3.8, 4) is 11.5 Å². The summed E-state index contributed by atoms with van der Waals surface area (Å²) in [5.74, 6) is 0.711. The summed E-state index contributed by atoms with van der Waals surface area (Å²) in [5.41, 5.74) is 0.718. The number of anilines is 1. The molecule has 1 atom stereocenters. The molecule has 1 aliphatic heterocycles. The molecule has 1 aromatic rings. The molecule has 1 unspecified atom stereocenters. The van der Waals surface area contributed by atoms with Crippen LogP contribution < -0.4 is 14.8 Å². The number of benzene rings is 1. The Balaban J connectivity index is 2.24. The largest absolute Gasteiger partial charge is 0.449 e. The van der Waals surface area contributed by atoms with Crippen LogP contribution in [-0.4, -0.2) is 11.7 Å². The van der Waals surface area contributed by atoms with Gasteiger partial charge in [-0.2, -0.15) is 0 Å². The van der Waals surface area contributed by atoms with E-state index in [1.54, 1.807) is 12.1 Å². The molecule has 1 N–H and O–H groups in total. The number of ether oxygens (including phenoxy) is 2. The third kappa shape index (κ3) is 1.96. The van der Waals surface area contributed by atoms with Crippen LogP contribution in [0.1, 0.15) is 27.2 Å². The van der Waals surface area contributed by atoms with Crippen molar-refractivity contribution in [1.29, 1.82) is 0 Å². The van der Waals surface area contributed by atoms with E-state index in [0.717, 1.165) is 17.9 Å². The summed E-state index contributed by atoms with van der Waals surface area (Å²) in [6, 6.07) is 5.38. The van der Waals surface area contributed by atoms with Crippen LogP contribution in [-0.2, 0) is 4.79 Å². The number of carbonyl (C=O) groups excluding carboxylic acids is 1. The van der Waals surface area contributed by atoms with Gasteiger partial charge in [0.2, 0.25) is 11.7 Å². The first-order chi connectivity index (χ1) is 7.52. The van der Waals surface area contributed by atoms with Gasteiger partial charge in [0.1, 0.15) is 0 Å².